The number of fused-ring (bicyclic) bond motifs is 3. The fourth-order valence-corrected chi connectivity index (χ4v) is 4.08. The average molecular weight is 546 g/mol. The first-order valence-corrected chi connectivity index (χ1v) is 10.4. The molecule has 0 saturated carbocycles. The Bertz CT molecular complexity index is 1410. The summed E-state index contributed by atoms with van der Waals surface area (Å²) in [7, 11) is -4.01. The molecule has 0 unspecified atom stereocenters. The molecule has 2 N–H and O–H groups in total. The monoisotopic (exact) mass is 545 g/mol. The predicted octanol–water partition coefficient (Wildman–Crippen LogP) is 4.19. The molecule has 4 rings (SSSR count). The second kappa shape index (κ2) is 10.3. The minimum atomic E-state index is -4.01. The Labute approximate surface area is 197 Å². The molecule has 4 aromatic rings. The third-order valence-electron chi connectivity index (χ3n) is 4.20. The van der Waals surface area contributed by atoms with E-state index < -0.39 is 20.9 Å². The maximum absolute atomic E-state index is 12.8. The molecule has 168 valence electrons. The molecule has 0 bridgehead atoms. The zero-order valence-corrected chi connectivity index (χ0v) is 18.9. The van der Waals surface area contributed by atoms with Gasteiger partial charge in [0.1, 0.15) is 0 Å². The van der Waals surface area contributed by atoms with Crippen LogP contribution < -0.4 is 4.72 Å². The molecule has 32 heavy (non-hydrogen) atoms. The number of carboxylic acids is 1. The minimum Gasteiger partial charge on any atom is -0.481 e. The van der Waals surface area contributed by atoms with Crippen LogP contribution in [0.3, 0.4) is 0 Å². The van der Waals surface area contributed by atoms with Gasteiger partial charge in [-0.05, 0) is 23.6 Å². The Morgan fingerprint density at radius 2 is 1.66 bits per heavy atom. The third-order valence-corrected chi connectivity index (χ3v) is 5.56. The number of carbonyl (C=O) groups is 1. The van der Waals surface area contributed by atoms with E-state index in [1.165, 1.54) is 18.2 Å². The average Bonchev–Trinajstić information content (AvgIpc) is 2.73. The summed E-state index contributed by atoms with van der Waals surface area (Å²) in [6, 6.07) is 17.7. The first-order chi connectivity index (χ1) is 14.7. The van der Waals surface area contributed by atoms with Crippen LogP contribution in [0.1, 0.15) is 6.92 Å². The van der Waals surface area contributed by atoms with Gasteiger partial charge in [0, 0.05) is 56.4 Å². The van der Waals surface area contributed by atoms with E-state index in [-0.39, 0.29) is 31.0 Å². The molecular formula is C21H17N3O6PdS. The summed E-state index contributed by atoms with van der Waals surface area (Å²) < 4.78 is 28.1. The molecule has 0 aliphatic heterocycles. The molecule has 9 nitrogen and oxygen atoms in total. The summed E-state index contributed by atoms with van der Waals surface area (Å²) in [5.41, 5.74) is 0.749. The summed E-state index contributed by atoms with van der Waals surface area (Å²) in [5.74, 6) is -0.833. The fourth-order valence-electron chi connectivity index (χ4n) is 2.97. The van der Waals surface area contributed by atoms with Crippen LogP contribution in [0.2, 0.25) is 0 Å². The Morgan fingerprint density at radius 1 is 1.03 bits per heavy atom. The zero-order valence-electron chi connectivity index (χ0n) is 16.5. The number of carboxylic acid groups (broad SMARTS) is 1. The molecular weight excluding hydrogens is 529 g/mol. The number of nitro groups is 1. The van der Waals surface area contributed by atoms with Gasteiger partial charge < -0.3 is 5.11 Å². The Hall–Kier alpha value is -3.39. The van der Waals surface area contributed by atoms with Crippen molar-refractivity contribution in [2.24, 2.45) is 0 Å². The molecule has 0 fully saturated rings. The number of nitro benzene ring substituents is 1. The number of benzene rings is 3. The maximum atomic E-state index is 12.8. The number of nitrogens with zero attached hydrogens (tertiary/aromatic N) is 2. The van der Waals surface area contributed by atoms with Crippen molar-refractivity contribution >= 4 is 49.0 Å². The number of hydrogen-bond donors (Lipinski definition) is 2. The minimum absolute atomic E-state index is 0. The molecule has 3 aromatic carbocycles. The molecule has 0 amide bonds. The van der Waals surface area contributed by atoms with Gasteiger partial charge in [0.25, 0.3) is 21.7 Å². The number of anilines is 1. The van der Waals surface area contributed by atoms with Crippen molar-refractivity contribution in [2.75, 3.05) is 4.72 Å². The number of non-ortho nitro benzene ring substituents is 1. The molecule has 1 heterocycles. The van der Waals surface area contributed by atoms with E-state index in [4.69, 9.17) is 9.90 Å². The quantitative estimate of drug-likeness (QED) is 0.170. The van der Waals surface area contributed by atoms with Crippen molar-refractivity contribution in [3.05, 3.63) is 83.0 Å². The van der Waals surface area contributed by atoms with Crippen molar-refractivity contribution in [2.45, 2.75) is 11.8 Å². The van der Waals surface area contributed by atoms with Gasteiger partial charge in [-0.1, -0.05) is 36.4 Å². The van der Waals surface area contributed by atoms with Crippen molar-refractivity contribution in [3.8, 4) is 0 Å². The largest absolute Gasteiger partial charge is 0.481 e. The first-order valence-electron chi connectivity index (χ1n) is 8.92. The number of pyridine rings is 1. The SMILES string of the molecule is CC(=O)O.O=[N+]([O-])c1cccc(S(=O)(=O)Nc2cccc3ccc4cccnc4c23)c1.[Pd]. The smallest absolute Gasteiger partial charge is 0.300 e. The van der Waals surface area contributed by atoms with Gasteiger partial charge in [0.2, 0.25) is 0 Å². The topological polar surface area (TPSA) is 140 Å². The normalized spacial score (nSPS) is 10.5. The standard InChI is InChI=1S/C19H13N3O4S.C2H4O2.Pd/c23-22(24)15-6-2-7-16(12-15)27(25,26)21-17-8-1-4-13-9-10-14-5-3-11-20-19(14)18(13)17;1-2(3)4;/h1-12,21H;1H3,(H,3,4);. The van der Waals surface area contributed by atoms with Gasteiger partial charge in [-0.2, -0.15) is 0 Å². The summed E-state index contributed by atoms with van der Waals surface area (Å²) in [5, 5.41) is 20.7. The molecule has 11 heteroatoms. The molecule has 0 aliphatic rings. The zero-order chi connectivity index (χ0) is 22.6. The van der Waals surface area contributed by atoms with E-state index in [1.54, 1.807) is 18.3 Å². The maximum Gasteiger partial charge on any atom is 0.300 e. The van der Waals surface area contributed by atoms with Crippen LogP contribution in [0.25, 0.3) is 21.7 Å². The fraction of sp³-hybridized carbons (Fsp3) is 0.0476. The summed E-state index contributed by atoms with van der Waals surface area (Å²) in [6.07, 6.45) is 1.65. The van der Waals surface area contributed by atoms with E-state index in [1.807, 2.05) is 30.3 Å². The summed E-state index contributed by atoms with van der Waals surface area (Å²) in [4.78, 5) is 23.5. The predicted molar refractivity (Wildman–Crippen MR) is 116 cm³/mol. The van der Waals surface area contributed by atoms with Crippen LogP contribution in [-0.2, 0) is 35.2 Å². The molecule has 1 aromatic heterocycles. The van der Waals surface area contributed by atoms with E-state index in [0.29, 0.717) is 16.6 Å². The van der Waals surface area contributed by atoms with Crippen LogP contribution in [0.5, 0.6) is 0 Å². The van der Waals surface area contributed by atoms with E-state index in [0.717, 1.165) is 23.8 Å². The molecule has 0 atom stereocenters. The molecule has 0 saturated heterocycles. The van der Waals surface area contributed by atoms with Gasteiger partial charge in [0.05, 0.1) is 21.0 Å². The number of aromatic nitrogens is 1. The number of nitrogens with one attached hydrogen (secondary N) is 1. The van der Waals surface area contributed by atoms with Gasteiger partial charge in [-0.15, -0.1) is 0 Å². The Balaban J connectivity index is 0.000000672. The second-order valence-corrected chi connectivity index (χ2v) is 8.11. The van der Waals surface area contributed by atoms with E-state index in [9.17, 15) is 18.5 Å². The summed E-state index contributed by atoms with van der Waals surface area (Å²) in [6.45, 7) is 1.08. The van der Waals surface area contributed by atoms with Crippen molar-refractivity contribution in [1.29, 1.82) is 0 Å². The van der Waals surface area contributed by atoms with E-state index in [2.05, 4.69) is 9.71 Å². The Kier molecular flexibility index (Phi) is 7.99. The van der Waals surface area contributed by atoms with Gasteiger partial charge in [-0.3, -0.25) is 24.6 Å². The third kappa shape index (κ3) is 5.64. The number of aliphatic carboxylic acids is 1. The first kappa shape index (κ1) is 24.9. The molecule has 0 aliphatic carbocycles. The Morgan fingerprint density at radius 3 is 2.34 bits per heavy atom. The van der Waals surface area contributed by atoms with Gasteiger partial charge in [-0.25, -0.2) is 8.42 Å². The number of sulfonamides is 1. The number of rotatable bonds is 4. The number of hydrogen-bond acceptors (Lipinski definition) is 6. The van der Waals surface area contributed by atoms with Crippen molar-refractivity contribution < 1.29 is 43.7 Å². The van der Waals surface area contributed by atoms with Crippen LogP contribution >= 0.6 is 0 Å². The van der Waals surface area contributed by atoms with Crippen LogP contribution in [0, 0.1) is 10.1 Å². The van der Waals surface area contributed by atoms with Crippen LogP contribution in [0.15, 0.2) is 77.8 Å². The van der Waals surface area contributed by atoms with E-state index >= 15 is 0 Å². The summed E-state index contributed by atoms with van der Waals surface area (Å²) >= 11 is 0. The second-order valence-electron chi connectivity index (χ2n) is 6.42. The van der Waals surface area contributed by atoms with Crippen molar-refractivity contribution in [3.63, 3.8) is 0 Å². The van der Waals surface area contributed by atoms with Crippen LogP contribution in [-0.4, -0.2) is 29.4 Å². The van der Waals surface area contributed by atoms with Crippen LogP contribution in [0.4, 0.5) is 11.4 Å². The molecule has 0 spiro atoms. The molecule has 0 radical (unpaired) electrons. The van der Waals surface area contributed by atoms with Gasteiger partial charge in [0.15, 0.2) is 0 Å². The van der Waals surface area contributed by atoms with Crippen molar-refractivity contribution in [1.82, 2.24) is 4.98 Å². The van der Waals surface area contributed by atoms with Gasteiger partial charge >= 0.3 is 0 Å².